The highest BCUT2D eigenvalue weighted by Crippen LogP contribution is 2.46. The lowest BCUT2D eigenvalue weighted by atomic mass is 9.97. The third-order valence-corrected chi connectivity index (χ3v) is 7.35. The Kier molecular flexibility index (Phi) is 9.05. The standard InChI is InChI=1S/C28H32O16/c1-10(29)39-9-20-22(36)23(37)26(44-27-24(38)21(35)17(34)8-40-27)28(43-20)42-19-7-13-15(32)5-12(30)6-18(13)41-25(19)11-2-3-14(31)16(33)4-11/h2-7,17,20-28,30-38H,8-9H2,1H3/p+1/t17-,20-,21+,22-,23+,24-,25?,26-,27+,28-/m1/s1. The molecule has 5 rings (SSSR count). The van der Waals surface area contributed by atoms with Crippen molar-refractivity contribution in [3.05, 3.63) is 47.2 Å². The van der Waals surface area contributed by atoms with Crippen molar-refractivity contribution < 1.29 is 79.2 Å². The summed E-state index contributed by atoms with van der Waals surface area (Å²) in [6, 6.07) is 6.16. The lowest BCUT2D eigenvalue weighted by Gasteiger charge is -2.45. The van der Waals surface area contributed by atoms with E-state index < -0.39 is 92.1 Å². The molecule has 16 heteroatoms. The Morgan fingerprint density at radius 1 is 0.909 bits per heavy atom. The summed E-state index contributed by atoms with van der Waals surface area (Å²) in [5.74, 6) is -2.20. The summed E-state index contributed by atoms with van der Waals surface area (Å²) in [5.41, 5.74) is 0.388. The van der Waals surface area contributed by atoms with E-state index in [4.69, 9.17) is 23.7 Å². The quantitative estimate of drug-likeness (QED) is 0.0984. The van der Waals surface area contributed by atoms with E-state index in [1.165, 1.54) is 30.3 Å². The third kappa shape index (κ3) is 6.33. The number of aliphatic hydroxyl groups excluding tert-OH is 5. The lowest BCUT2D eigenvalue weighted by Crippen LogP contribution is -2.63. The number of rotatable bonds is 7. The van der Waals surface area contributed by atoms with Gasteiger partial charge in [-0.05, 0) is 18.2 Å². The number of carbonyl (C=O) groups is 1. The largest absolute Gasteiger partial charge is 0.571 e. The van der Waals surface area contributed by atoms with Crippen molar-refractivity contribution in [2.75, 3.05) is 13.2 Å². The SMILES string of the molecule is CC(=O)OC[C@H]1O[C@@H](OC2=Cc3c(O)cc(O)cc3[OH+]C2c2ccc(O)c(O)c2)[C@H](O[C@@H]2OC[C@@H](O)[C@H](O)[C@H]2O)[C@@H](O)[C@@H]1O. The first kappa shape index (κ1) is 31.6. The van der Waals surface area contributed by atoms with Crippen molar-refractivity contribution in [1.29, 1.82) is 0 Å². The van der Waals surface area contributed by atoms with Gasteiger partial charge >= 0.3 is 5.97 Å². The molecular formula is C28H33O16+. The van der Waals surface area contributed by atoms with E-state index in [1.54, 1.807) is 0 Å². The van der Waals surface area contributed by atoms with Crippen LogP contribution in [0.15, 0.2) is 36.1 Å². The molecule has 2 aromatic carbocycles. The average Bonchev–Trinajstić information content (AvgIpc) is 2.97. The van der Waals surface area contributed by atoms with Gasteiger partial charge in [-0.1, -0.05) is 0 Å². The van der Waals surface area contributed by atoms with Gasteiger partial charge in [0.1, 0.15) is 60.3 Å². The van der Waals surface area contributed by atoms with Gasteiger partial charge < -0.3 is 74.4 Å². The number of hydrogen-bond acceptors (Lipinski definition) is 15. The molecule has 3 aliphatic rings. The molecule has 0 spiro atoms. The lowest BCUT2D eigenvalue weighted by molar-refractivity contribution is -0.353. The summed E-state index contributed by atoms with van der Waals surface area (Å²) in [5, 5.41) is 92.8. The third-order valence-electron chi connectivity index (χ3n) is 7.35. The molecule has 1 unspecified atom stereocenters. The fraction of sp³-hybridized carbons (Fsp3) is 0.464. The van der Waals surface area contributed by atoms with Crippen molar-refractivity contribution in [1.82, 2.24) is 0 Å². The van der Waals surface area contributed by atoms with E-state index in [9.17, 15) is 50.8 Å². The van der Waals surface area contributed by atoms with Crippen LogP contribution < -0.4 is 0 Å². The van der Waals surface area contributed by atoms with Crippen LogP contribution in [0.5, 0.6) is 28.7 Å². The predicted octanol–water partition coefficient (Wildman–Crippen LogP) is -1.30. The first-order valence-corrected chi connectivity index (χ1v) is 13.5. The van der Waals surface area contributed by atoms with Gasteiger partial charge in [-0.25, -0.2) is 0 Å². The summed E-state index contributed by atoms with van der Waals surface area (Å²) in [6.07, 6.45) is -14.4. The molecular weight excluding hydrogens is 592 g/mol. The maximum absolute atomic E-state index is 11.4. The summed E-state index contributed by atoms with van der Waals surface area (Å²) in [6.45, 7) is 0.186. The molecule has 0 saturated carbocycles. The number of ether oxygens (including phenoxy) is 6. The summed E-state index contributed by atoms with van der Waals surface area (Å²) < 4.78 is 32.5. The number of hydrogen-bond donors (Lipinski definition) is 9. The fourth-order valence-electron chi connectivity index (χ4n) is 5.01. The molecule has 2 aromatic rings. The Balaban J connectivity index is 1.52. The van der Waals surface area contributed by atoms with Crippen LogP contribution in [0.4, 0.5) is 0 Å². The van der Waals surface area contributed by atoms with Gasteiger partial charge in [0.05, 0.1) is 18.2 Å². The van der Waals surface area contributed by atoms with Crippen molar-refractivity contribution >= 4 is 12.0 Å². The molecule has 16 nitrogen and oxygen atoms in total. The van der Waals surface area contributed by atoms with Crippen molar-refractivity contribution in [3.63, 3.8) is 0 Å². The maximum Gasteiger partial charge on any atom is 0.302 e. The molecule has 10 atom stereocenters. The molecule has 10 N–H and O–H groups in total. The van der Waals surface area contributed by atoms with Crippen LogP contribution in [-0.2, 0) is 28.5 Å². The molecule has 44 heavy (non-hydrogen) atoms. The van der Waals surface area contributed by atoms with Crippen LogP contribution in [0.25, 0.3) is 6.08 Å². The van der Waals surface area contributed by atoms with Gasteiger partial charge in [-0.2, -0.15) is 0 Å². The molecule has 0 aliphatic carbocycles. The summed E-state index contributed by atoms with van der Waals surface area (Å²) in [7, 11) is 0. The Labute approximate surface area is 249 Å². The summed E-state index contributed by atoms with van der Waals surface area (Å²) in [4.78, 5) is 11.4. The minimum Gasteiger partial charge on any atom is -0.571 e. The smallest absolute Gasteiger partial charge is 0.302 e. The second-order valence-corrected chi connectivity index (χ2v) is 10.5. The molecule has 0 bridgehead atoms. The number of aliphatic hydroxyl groups is 6. The molecule has 3 aliphatic heterocycles. The second-order valence-electron chi connectivity index (χ2n) is 10.5. The van der Waals surface area contributed by atoms with E-state index in [0.717, 1.165) is 13.0 Å². The Morgan fingerprint density at radius 3 is 2.36 bits per heavy atom. The van der Waals surface area contributed by atoms with Crippen LogP contribution in [0.1, 0.15) is 24.2 Å². The molecule has 3 heterocycles. The zero-order chi connectivity index (χ0) is 31.9. The van der Waals surface area contributed by atoms with E-state index in [2.05, 4.69) is 4.74 Å². The molecule has 2 saturated heterocycles. The summed E-state index contributed by atoms with van der Waals surface area (Å²) >= 11 is 0. The number of fused-ring (bicyclic) bond motifs is 1. The maximum atomic E-state index is 11.4. The van der Waals surface area contributed by atoms with Gasteiger partial charge in [0.25, 0.3) is 11.9 Å². The van der Waals surface area contributed by atoms with Crippen LogP contribution in [0.3, 0.4) is 0 Å². The highest BCUT2D eigenvalue weighted by molar-refractivity contribution is 5.69. The van der Waals surface area contributed by atoms with E-state index >= 15 is 0 Å². The molecule has 0 aromatic heterocycles. The Hall–Kier alpha value is -3.87. The van der Waals surface area contributed by atoms with Gasteiger partial charge in [0.2, 0.25) is 6.29 Å². The number of carbonyl (C=O) groups excluding carboxylic acids is 1. The predicted molar refractivity (Wildman–Crippen MR) is 143 cm³/mol. The normalized spacial score (nSPS) is 33.5. The molecule has 0 radical (unpaired) electrons. The van der Waals surface area contributed by atoms with Gasteiger partial charge in [-0.3, -0.25) is 4.79 Å². The number of phenols is 4. The average molecular weight is 626 g/mol. The van der Waals surface area contributed by atoms with Crippen molar-refractivity contribution in [2.24, 2.45) is 0 Å². The molecule has 0 amide bonds. The molecule has 2 fully saturated rings. The number of esters is 1. The second kappa shape index (κ2) is 12.6. The van der Waals surface area contributed by atoms with Crippen molar-refractivity contribution in [2.45, 2.75) is 68.3 Å². The minimum atomic E-state index is -1.82. The van der Waals surface area contributed by atoms with Crippen LogP contribution >= 0.6 is 0 Å². The van der Waals surface area contributed by atoms with Gasteiger partial charge in [-0.15, -0.1) is 0 Å². The minimum absolute atomic E-state index is 0.0717. The highest BCUT2D eigenvalue weighted by Gasteiger charge is 2.51. The van der Waals surface area contributed by atoms with E-state index in [1.807, 2.05) is 0 Å². The highest BCUT2D eigenvalue weighted by atomic mass is 16.8. The zero-order valence-electron chi connectivity index (χ0n) is 23.1. The van der Waals surface area contributed by atoms with Gasteiger partial charge in [0, 0.05) is 19.1 Å². The zero-order valence-corrected chi connectivity index (χ0v) is 23.1. The topological polar surface area (TPSA) is 258 Å². The van der Waals surface area contributed by atoms with E-state index in [0.29, 0.717) is 0 Å². The van der Waals surface area contributed by atoms with Crippen molar-refractivity contribution in [3.8, 4) is 28.7 Å². The number of aromatic hydroxyl groups is 5. The van der Waals surface area contributed by atoms with Crippen LogP contribution in [-0.4, -0.2) is 125 Å². The van der Waals surface area contributed by atoms with Crippen LogP contribution in [0, 0.1) is 0 Å². The Bertz CT molecular complexity index is 1400. The number of phenolic OH excluding ortho intramolecular Hbond substituents is 4. The monoisotopic (exact) mass is 625 g/mol. The van der Waals surface area contributed by atoms with E-state index in [-0.39, 0.29) is 34.1 Å². The Morgan fingerprint density at radius 2 is 1.66 bits per heavy atom. The first-order valence-electron chi connectivity index (χ1n) is 13.5. The van der Waals surface area contributed by atoms with Crippen LogP contribution in [0.2, 0.25) is 0 Å². The first-order chi connectivity index (χ1) is 20.8. The number of benzene rings is 2. The fourth-order valence-corrected chi connectivity index (χ4v) is 5.01. The van der Waals surface area contributed by atoms with Gasteiger partial charge in [0.15, 0.2) is 29.7 Å². The molecule has 240 valence electrons.